The van der Waals surface area contributed by atoms with Crippen LogP contribution in [0.3, 0.4) is 0 Å². The Labute approximate surface area is 137 Å². The van der Waals surface area contributed by atoms with E-state index < -0.39 is 0 Å². The van der Waals surface area contributed by atoms with Gasteiger partial charge in [-0.3, -0.25) is 4.79 Å². The number of carbonyl (C=O) groups excluding carboxylic acids is 1. The molecule has 104 valence electrons. The highest BCUT2D eigenvalue weighted by Crippen LogP contribution is 2.29. The van der Waals surface area contributed by atoms with Gasteiger partial charge in [-0.25, -0.2) is 0 Å². The van der Waals surface area contributed by atoms with Crippen molar-refractivity contribution in [3.8, 4) is 0 Å². The third kappa shape index (κ3) is 3.94. The summed E-state index contributed by atoms with van der Waals surface area (Å²) in [5, 5.41) is 3.09. The lowest BCUT2D eigenvalue weighted by Crippen LogP contribution is -2.34. The van der Waals surface area contributed by atoms with E-state index in [1.54, 1.807) is 0 Å². The molecule has 0 aromatic heterocycles. The summed E-state index contributed by atoms with van der Waals surface area (Å²) in [4.78, 5) is 12.8. The van der Waals surface area contributed by atoms with Crippen molar-refractivity contribution in [3.05, 3.63) is 32.9 Å². The third-order valence-electron chi connectivity index (χ3n) is 3.78. The van der Waals surface area contributed by atoms with Crippen molar-refractivity contribution in [2.24, 2.45) is 5.92 Å². The first kappa shape index (κ1) is 15.3. The van der Waals surface area contributed by atoms with Crippen molar-refractivity contribution in [1.29, 1.82) is 0 Å². The van der Waals surface area contributed by atoms with E-state index in [1.165, 1.54) is 25.7 Å². The van der Waals surface area contributed by atoms with E-state index in [1.807, 2.05) is 25.1 Å². The fraction of sp³-hybridized carbons (Fsp3) is 0.533. The molecule has 1 fully saturated rings. The van der Waals surface area contributed by atoms with Crippen LogP contribution < -0.4 is 5.32 Å². The molecule has 1 aromatic rings. The molecule has 0 aliphatic heterocycles. The topological polar surface area (TPSA) is 29.1 Å². The predicted molar refractivity (Wildman–Crippen MR) is 90.9 cm³/mol. The van der Waals surface area contributed by atoms with Crippen LogP contribution >= 0.6 is 38.5 Å². The molecule has 0 heterocycles. The van der Waals surface area contributed by atoms with Gasteiger partial charge in [-0.05, 0) is 59.9 Å². The highest BCUT2D eigenvalue weighted by molar-refractivity contribution is 14.1. The Morgan fingerprint density at radius 1 is 1.42 bits per heavy atom. The van der Waals surface area contributed by atoms with E-state index in [0.29, 0.717) is 10.7 Å². The van der Waals surface area contributed by atoms with Crippen molar-refractivity contribution in [2.45, 2.75) is 37.4 Å². The number of hydrogen-bond acceptors (Lipinski definition) is 1. The molecule has 2 rings (SSSR count). The van der Waals surface area contributed by atoms with E-state index in [2.05, 4.69) is 43.8 Å². The van der Waals surface area contributed by atoms with Gasteiger partial charge < -0.3 is 5.32 Å². The zero-order chi connectivity index (χ0) is 13.8. The predicted octanol–water partition coefficient (Wildman–Crippen LogP) is 4.28. The van der Waals surface area contributed by atoms with E-state index in [0.717, 1.165) is 21.2 Å². The van der Waals surface area contributed by atoms with E-state index >= 15 is 0 Å². The molecule has 2 atom stereocenters. The maximum atomic E-state index is 12.2. The van der Waals surface area contributed by atoms with Gasteiger partial charge >= 0.3 is 0 Å². The van der Waals surface area contributed by atoms with Gasteiger partial charge in [0.2, 0.25) is 0 Å². The average molecular weight is 436 g/mol. The highest BCUT2D eigenvalue weighted by atomic mass is 127. The molecular formula is C15H19BrINO. The minimum Gasteiger partial charge on any atom is -0.352 e. The monoisotopic (exact) mass is 435 g/mol. The summed E-state index contributed by atoms with van der Waals surface area (Å²) in [5.41, 5.74) is 1.95. The first-order chi connectivity index (χ1) is 9.09. The Morgan fingerprint density at radius 2 is 2.16 bits per heavy atom. The fourth-order valence-electron chi connectivity index (χ4n) is 2.53. The molecule has 1 amide bonds. The van der Waals surface area contributed by atoms with Crippen LogP contribution in [-0.4, -0.2) is 17.3 Å². The molecule has 0 saturated heterocycles. The average Bonchev–Trinajstić information content (AvgIpc) is 2.40. The molecule has 1 aromatic carbocycles. The van der Waals surface area contributed by atoms with Crippen molar-refractivity contribution in [2.75, 3.05) is 6.54 Å². The smallest absolute Gasteiger partial charge is 0.252 e. The molecule has 19 heavy (non-hydrogen) atoms. The van der Waals surface area contributed by atoms with Gasteiger partial charge in [0.1, 0.15) is 0 Å². The number of benzene rings is 1. The molecular weight excluding hydrogens is 417 g/mol. The normalized spacial score (nSPS) is 23.1. The fourth-order valence-corrected chi connectivity index (χ4v) is 3.91. The second-order valence-corrected chi connectivity index (χ2v) is 7.46. The lowest BCUT2D eigenvalue weighted by Gasteiger charge is -2.27. The molecule has 2 unspecified atom stereocenters. The number of aryl methyl sites for hydroxylation is 1. The third-order valence-corrected chi connectivity index (χ3v) is 6.41. The summed E-state index contributed by atoms with van der Waals surface area (Å²) in [7, 11) is 0. The Kier molecular flexibility index (Phi) is 5.69. The number of amides is 1. The SMILES string of the molecule is Cc1cccc(C(=O)NCC2CCCCC2Br)c1I. The van der Waals surface area contributed by atoms with Gasteiger partial charge in [-0.15, -0.1) is 0 Å². The van der Waals surface area contributed by atoms with Gasteiger partial charge in [0.05, 0.1) is 5.56 Å². The van der Waals surface area contributed by atoms with E-state index in [-0.39, 0.29) is 5.91 Å². The van der Waals surface area contributed by atoms with Crippen LogP contribution in [0.25, 0.3) is 0 Å². The van der Waals surface area contributed by atoms with Crippen LogP contribution in [0.4, 0.5) is 0 Å². The zero-order valence-corrected chi connectivity index (χ0v) is 14.8. The highest BCUT2D eigenvalue weighted by Gasteiger charge is 2.23. The standard InChI is InChI=1S/C15H19BrINO/c1-10-5-4-7-12(14(10)17)15(19)18-9-11-6-2-3-8-13(11)16/h4-5,7,11,13H,2-3,6,8-9H2,1H3,(H,18,19). The maximum absolute atomic E-state index is 12.2. The first-order valence-electron chi connectivity index (χ1n) is 6.77. The quantitative estimate of drug-likeness (QED) is 0.557. The minimum absolute atomic E-state index is 0.0540. The number of hydrogen-bond donors (Lipinski definition) is 1. The maximum Gasteiger partial charge on any atom is 0.252 e. The van der Waals surface area contributed by atoms with Crippen LogP contribution in [-0.2, 0) is 0 Å². The van der Waals surface area contributed by atoms with Crippen LogP contribution in [0.15, 0.2) is 18.2 Å². The van der Waals surface area contributed by atoms with Crippen molar-refractivity contribution >= 4 is 44.4 Å². The summed E-state index contributed by atoms with van der Waals surface area (Å²) in [6.07, 6.45) is 5.02. The first-order valence-corrected chi connectivity index (χ1v) is 8.76. The largest absolute Gasteiger partial charge is 0.352 e. The number of rotatable bonds is 3. The molecule has 1 N–H and O–H groups in total. The Balaban J connectivity index is 1.95. The number of carbonyl (C=O) groups is 1. The van der Waals surface area contributed by atoms with Gasteiger partial charge in [0.15, 0.2) is 0 Å². The molecule has 2 nitrogen and oxygen atoms in total. The second-order valence-electron chi connectivity index (χ2n) is 5.21. The lowest BCUT2D eigenvalue weighted by molar-refractivity contribution is 0.0943. The summed E-state index contributed by atoms with van der Waals surface area (Å²) in [5.74, 6) is 0.624. The summed E-state index contributed by atoms with van der Waals surface area (Å²) < 4.78 is 1.05. The molecule has 1 aliphatic carbocycles. The van der Waals surface area contributed by atoms with Crippen LogP contribution in [0, 0.1) is 16.4 Å². The molecule has 0 bridgehead atoms. The second kappa shape index (κ2) is 7.07. The summed E-state index contributed by atoms with van der Waals surface area (Å²) in [6, 6.07) is 5.88. The molecule has 1 saturated carbocycles. The number of halogens is 2. The molecule has 1 aliphatic rings. The Bertz CT molecular complexity index is 463. The van der Waals surface area contributed by atoms with Crippen LogP contribution in [0.5, 0.6) is 0 Å². The summed E-state index contributed by atoms with van der Waals surface area (Å²) in [6.45, 7) is 2.81. The molecule has 0 radical (unpaired) electrons. The number of alkyl halides is 1. The lowest BCUT2D eigenvalue weighted by atomic mass is 9.89. The molecule has 0 spiro atoms. The minimum atomic E-state index is 0.0540. The van der Waals surface area contributed by atoms with Gasteiger partial charge in [0, 0.05) is 14.9 Å². The number of nitrogens with one attached hydrogen (secondary N) is 1. The van der Waals surface area contributed by atoms with Crippen molar-refractivity contribution in [3.63, 3.8) is 0 Å². The van der Waals surface area contributed by atoms with Gasteiger partial charge in [0.25, 0.3) is 5.91 Å². The van der Waals surface area contributed by atoms with Gasteiger partial charge in [-0.2, -0.15) is 0 Å². The van der Waals surface area contributed by atoms with E-state index in [4.69, 9.17) is 0 Å². The van der Waals surface area contributed by atoms with Crippen molar-refractivity contribution < 1.29 is 4.79 Å². The van der Waals surface area contributed by atoms with Crippen molar-refractivity contribution in [1.82, 2.24) is 5.32 Å². The summed E-state index contributed by atoms with van der Waals surface area (Å²) >= 11 is 5.98. The molecule has 4 heteroatoms. The van der Waals surface area contributed by atoms with Gasteiger partial charge in [-0.1, -0.05) is 40.9 Å². The Hall–Kier alpha value is -0.100. The van der Waals surface area contributed by atoms with E-state index in [9.17, 15) is 4.79 Å². The van der Waals surface area contributed by atoms with Crippen LogP contribution in [0.1, 0.15) is 41.6 Å². The Morgan fingerprint density at radius 3 is 2.89 bits per heavy atom. The zero-order valence-electron chi connectivity index (χ0n) is 11.1. The van der Waals surface area contributed by atoms with Crippen LogP contribution in [0.2, 0.25) is 0 Å².